The van der Waals surface area contributed by atoms with Crippen LogP contribution in [0.5, 0.6) is 17.2 Å². The van der Waals surface area contributed by atoms with Gasteiger partial charge in [0, 0.05) is 5.56 Å². The molecule has 1 aromatic carbocycles. The Balaban J connectivity index is 2.16. The average molecular weight is 261 g/mol. The number of hydrogen-bond donors (Lipinski definition) is 0. The second-order valence-electron chi connectivity index (χ2n) is 4.82. The number of nitrogens with zero attached hydrogens (tertiary/aromatic N) is 1. The highest BCUT2D eigenvalue weighted by atomic mass is 16.7. The van der Waals surface area contributed by atoms with Crippen molar-refractivity contribution in [2.75, 3.05) is 13.9 Å². The quantitative estimate of drug-likeness (QED) is 0.619. The zero-order chi connectivity index (χ0) is 13.3. The molecule has 1 aliphatic carbocycles. The summed E-state index contributed by atoms with van der Waals surface area (Å²) in [6.07, 6.45) is 5.47. The van der Waals surface area contributed by atoms with E-state index in [1.165, 1.54) is 0 Å². The highest BCUT2D eigenvalue weighted by Crippen LogP contribution is 2.51. The van der Waals surface area contributed by atoms with E-state index in [1.54, 1.807) is 13.2 Å². The van der Waals surface area contributed by atoms with Crippen molar-refractivity contribution in [2.24, 2.45) is 4.99 Å². The lowest BCUT2D eigenvalue weighted by molar-refractivity contribution is 0.171. The molecule has 0 spiro atoms. The summed E-state index contributed by atoms with van der Waals surface area (Å²) in [6, 6.07) is 3.76. The molecular weight excluding hydrogens is 246 g/mol. The molecular formula is C14H15NO4. The Morgan fingerprint density at radius 2 is 2.11 bits per heavy atom. The topological polar surface area (TPSA) is 57.1 Å². The van der Waals surface area contributed by atoms with Gasteiger partial charge in [-0.2, -0.15) is 4.99 Å². The van der Waals surface area contributed by atoms with E-state index in [0.717, 1.165) is 31.2 Å². The Bertz CT molecular complexity index is 543. The van der Waals surface area contributed by atoms with Gasteiger partial charge in [-0.15, -0.1) is 0 Å². The number of isocyanates is 1. The van der Waals surface area contributed by atoms with Crippen LogP contribution in [0.4, 0.5) is 0 Å². The minimum atomic E-state index is -0.520. The van der Waals surface area contributed by atoms with Crippen molar-refractivity contribution in [1.29, 1.82) is 0 Å². The van der Waals surface area contributed by atoms with Crippen LogP contribution in [-0.2, 0) is 10.3 Å². The third kappa shape index (κ3) is 1.78. The third-order valence-corrected chi connectivity index (χ3v) is 3.89. The zero-order valence-electron chi connectivity index (χ0n) is 10.8. The molecule has 100 valence electrons. The van der Waals surface area contributed by atoms with Crippen LogP contribution in [0, 0.1) is 0 Å². The van der Waals surface area contributed by atoms with Gasteiger partial charge < -0.3 is 14.2 Å². The van der Waals surface area contributed by atoms with E-state index < -0.39 is 5.54 Å². The SMILES string of the molecule is COc1c(C2(N=C=O)CCCC2)ccc2c1OCO2. The fraction of sp³-hybridized carbons (Fsp3) is 0.500. The summed E-state index contributed by atoms with van der Waals surface area (Å²) in [5, 5.41) is 0. The molecule has 5 heteroatoms. The van der Waals surface area contributed by atoms with Crippen LogP contribution in [0.1, 0.15) is 31.2 Å². The summed E-state index contributed by atoms with van der Waals surface area (Å²) in [6.45, 7) is 0.194. The number of carbonyl (C=O) groups excluding carboxylic acids is 1. The number of ether oxygens (including phenoxy) is 3. The van der Waals surface area contributed by atoms with E-state index in [1.807, 2.05) is 12.1 Å². The van der Waals surface area contributed by atoms with E-state index in [2.05, 4.69) is 4.99 Å². The van der Waals surface area contributed by atoms with Crippen molar-refractivity contribution in [3.63, 3.8) is 0 Å². The maximum absolute atomic E-state index is 10.8. The molecule has 1 heterocycles. The molecule has 0 saturated heterocycles. The molecule has 5 nitrogen and oxygen atoms in total. The van der Waals surface area contributed by atoms with Gasteiger partial charge in [-0.25, -0.2) is 4.79 Å². The lowest BCUT2D eigenvalue weighted by Crippen LogP contribution is -2.20. The number of rotatable bonds is 3. The standard InChI is InChI=1S/C14H15NO4/c1-17-12-10(4-5-11-13(12)19-9-18-11)14(15-8-16)6-2-3-7-14/h4-5H,2-3,6-7,9H2,1H3. The number of benzene rings is 1. The van der Waals surface area contributed by atoms with Gasteiger partial charge in [-0.3, -0.25) is 0 Å². The van der Waals surface area contributed by atoms with Crippen molar-refractivity contribution in [3.8, 4) is 17.2 Å². The highest BCUT2D eigenvalue weighted by molar-refractivity contribution is 5.59. The van der Waals surface area contributed by atoms with Crippen LogP contribution < -0.4 is 14.2 Å². The van der Waals surface area contributed by atoms with Gasteiger partial charge in [0.1, 0.15) is 5.54 Å². The Hall–Kier alpha value is -2.00. The van der Waals surface area contributed by atoms with Crippen LogP contribution in [0.3, 0.4) is 0 Å². The molecule has 0 N–H and O–H groups in total. The largest absolute Gasteiger partial charge is 0.492 e. The van der Waals surface area contributed by atoms with Crippen LogP contribution >= 0.6 is 0 Å². The first-order valence-corrected chi connectivity index (χ1v) is 6.37. The van der Waals surface area contributed by atoms with Gasteiger partial charge in [0.2, 0.25) is 18.6 Å². The maximum Gasteiger partial charge on any atom is 0.235 e. The summed E-state index contributed by atoms with van der Waals surface area (Å²) in [5.41, 5.74) is 0.369. The van der Waals surface area contributed by atoms with E-state index >= 15 is 0 Å². The van der Waals surface area contributed by atoms with Gasteiger partial charge in [0.05, 0.1) is 7.11 Å². The second kappa shape index (κ2) is 4.59. The number of hydrogen-bond acceptors (Lipinski definition) is 5. The first kappa shape index (κ1) is 12.1. The normalized spacial score (nSPS) is 19.0. The molecule has 1 aromatic rings. The fourth-order valence-electron chi connectivity index (χ4n) is 3.00. The second-order valence-corrected chi connectivity index (χ2v) is 4.82. The summed E-state index contributed by atoms with van der Waals surface area (Å²) in [7, 11) is 1.59. The Labute approximate surface area is 111 Å². The maximum atomic E-state index is 10.8. The lowest BCUT2D eigenvalue weighted by atomic mass is 9.88. The number of aliphatic imine (C=N–C) groups is 1. The summed E-state index contributed by atoms with van der Waals surface area (Å²) in [4.78, 5) is 14.9. The molecule has 0 aromatic heterocycles. The minimum absolute atomic E-state index is 0.194. The Morgan fingerprint density at radius 3 is 2.79 bits per heavy atom. The van der Waals surface area contributed by atoms with Crippen molar-refractivity contribution < 1.29 is 19.0 Å². The lowest BCUT2D eigenvalue weighted by Gasteiger charge is -2.25. The van der Waals surface area contributed by atoms with Crippen molar-refractivity contribution in [1.82, 2.24) is 0 Å². The summed E-state index contributed by atoms with van der Waals surface area (Å²) >= 11 is 0. The first-order valence-electron chi connectivity index (χ1n) is 6.37. The van der Waals surface area contributed by atoms with Crippen molar-refractivity contribution in [3.05, 3.63) is 17.7 Å². The van der Waals surface area contributed by atoms with Crippen LogP contribution in [0.15, 0.2) is 17.1 Å². The molecule has 0 amide bonds. The smallest absolute Gasteiger partial charge is 0.235 e. The van der Waals surface area contributed by atoms with E-state index in [4.69, 9.17) is 14.2 Å². The van der Waals surface area contributed by atoms with Crippen molar-refractivity contribution >= 4 is 6.08 Å². The highest BCUT2D eigenvalue weighted by Gasteiger charge is 2.40. The molecule has 2 aliphatic rings. The Kier molecular flexibility index (Phi) is 2.91. The van der Waals surface area contributed by atoms with Gasteiger partial charge in [-0.05, 0) is 25.0 Å². The van der Waals surface area contributed by atoms with Gasteiger partial charge in [0.25, 0.3) is 0 Å². The summed E-state index contributed by atoms with van der Waals surface area (Å²) in [5.74, 6) is 1.90. The predicted octanol–water partition coefficient (Wildman–Crippen LogP) is 2.53. The average Bonchev–Trinajstić information content (AvgIpc) is 3.06. The van der Waals surface area contributed by atoms with Gasteiger partial charge >= 0.3 is 0 Å². The first-order chi connectivity index (χ1) is 9.30. The monoisotopic (exact) mass is 261 g/mol. The zero-order valence-corrected chi connectivity index (χ0v) is 10.8. The number of methoxy groups -OCH3 is 1. The Morgan fingerprint density at radius 1 is 1.32 bits per heavy atom. The molecule has 1 aliphatic heterocycles. The molecule has 0 bridgehead atoms. The molecule has 0 atom stereocenters. The fourth-order valence-corrected chi connectivity index (χ4v) is 3.00. The molecule has 0 unspecified atom stereocenters. The summed E-state index contributed by atoms with van der Waals surface area (Å²) < 4.78 is 16.3. The van der Waals surface area contributed by atoms with E-state index in [-0.39, 0.29) is 6.79 Å². The van der Waals surface area contributed by atoms with E-state index in [9.17, 15) is 4.79 Å². The van der Waals surface area contributed by atoms with Crippen LogP contribution in [0.2, 0.25) is 0 Å². The predicted molar refractivity (Wildman–Crippen MR) is 67.4 cm³/mol. The molecule has 19 heavy (non-hydrogen) atoms. The third-order valence-electron chi connectivity index (χ3n) is 3.89. The molecule has 0 radical (unpaired) electrons. The molecule has 1 saturated carbocycles. The van der Waals surface area contributed by atoms with Gasteiger partial charge in [-0.1, -0.05) is 12.8 Å². The number of fused-ring (bicyclic) bond motifs is 1. The minimum Gasteiger partial charge on any atom is -0.492 e. The van der Waals surface area contributed by atoms with Crippen LogP contribution in [-0.4, -0.2) is 20.0 Å². The molecule has 3 rings (SSSR count). The van der Waals surface area contributed by atoms with Crippen molar-refractivity contribution in [2.45, 2.75) is 31.2 Å². The van der Waals surface area contributed by atoms with Gasteiger partial charge in [0.15, 0.2) is 11.5 Å². The molecule has 1 fully saturated rings. The van der Waals surface area contributed by atoms with Crippen LogP contribution in [0.25, 0.3) is 0 Å². The van der Waals surface area contributed by atoms with E-state index in [0.29, 0.717) is 17.2 Å².